The van der Waals surface area contributed by atoms with Gasteiger partial charge in [-0.1, -0.05) is 6.07 Å². The van der Waals surface area contributed by atoms with Crippen LogP contribution < -0.4 is 10.5 Å². The molecule has 0 fully saturated rings. The molecule has 76 valence electrons. The highest BCUT2D eigenvalue weighted by atomic mass is 35.5. The first kappa shape index (κ1) is 10.9. The number of carbonyl (C=O) groups excluding carboxylic acids is 1. The smallest absolute Gasteiger partial charge is 0.152 e. The predicted octanol–water partition coefficient (Wildman–Crippen LogP) is 1.63. The van der Waals surface area contributed by atoms with Gasteiger partial charge in [0.15, 0.2) is 5.78 Å². The molecular formula is C10H12ClNO2. The van der Waals surface area contributed by atoms with Gasteiger partial charge in [0.1, 0.15) is 5.75 Å². The van der Waals surface area contributed by atoms with E-state index in [4.69, 9.17) is 22.1 Å². The number of ketones is 1. The topological polar surface area (TPSA) is 52.3 Å². The van der Waals surface area contributed by atoms with Crippen LogP contribution in [0, 0.1) is 0 Å². The number of ether oxygens (including phenoxy) is 1. The fraction of sp³-hybridized carbons (Fsp3) is 0.300. The summed E-state index contributed by atoms with van der Waals surface area (Å²) in [6.07, 6.45) is 0.285. The van der Waals surface area contributed by atoms with Crippen LogP contribution in [-0.2, 0) is 11.2 Å². The number of halogens is 1. The number of hydrogen-bond donors (Lipinski definition) is 1. The Hall–Kier alpha value is -1.22. The summed E-state index contributed by atoms with van der Waals surface area (Å²) in [5.74, 6) is 0.617. The Bertz CT molecular complexity index is 339. The molecule has 0 aromatic heterocycles. The standard InChI is InChI=1S/C10H12ClNO2/c1-14-10-5-8(12)3-2-7(10)4-9(13)6-11/h2-3,5H,4,6,12H2,1H3. The molecule has 0 heterocycles. The third-order valence-electron chi connectivity index (χ3n) is 1.85. The van der Waals surface area contributed by atoms with Crippen LogP contribution in [0.2, 0.25) is 0 Å². The Balaban J connectivity index is 2.90. The number of carbonyl (C=O) groups is 1. The van der Waals surface area contributed by atoms with Crippen molar-refractivity contribution < 1.29 is 9.53 Å². The maximum atomic E-state index is 11.1. The molecule has 2 N–H and O–H groups in total. The van der Waals surface area contributed by atoms with E-state index in [0.29, 0.717) is 11.4 Å². The molecule has 0 aliphatic heterocycles. The average Bonchev–Trinajstić information content (AvgIpc) is 2.20. The Morgan fingerprint density at radius 3 is 2.86 bits per heavy atom. The van der Waals surface area contributed by atoms with E-state index in [1.165, 1.54) is 0 Å². The highest BCUT2D eigenvalue weighted by Crippen LogP contribution is 2.22. The van der Waals surface area contributed by atoms with Crippen LogP contribution in [0.5, 0.6) is 5.75 Å². The number of alkyl halides is 1. The quantitative estimate of drug-likeness (QED) is 0.611. The van der Waals surface area contributed by atoms with Crippen molar-refractivity contribution in [2.75, 3.05) is 18.7 Å². The summed E-state index contributed by atoms with van der Waals surface area (Å²) in [5.41, 5.74) is 7.00. The summed E-state index contributed by atoms with van der Waals surface area (Å²) in [5, 5.41) is 0. The van der Waals surface area contributed by atoms with Crippen molar-refractivity contribution in [3.8, 4) is 5.75 Å². The molecule has 14 heavy (non-hydrogen) atoms. The zero-order valence-electron chi connectivity index (χ0n) is 7.92. The van der Waals surface area contributed by atoms with Crippen molar-refractivity contribution >= 4 is 23.1 Å². The van der Waals surface area contributed by atoms with Crippen LogP contribution in [0.15, 0.2) is 18.2 Å². The zero-order valence-corrected chi connectivity index (χ0v) is 8.67. The minimum absolute atomic E-state index is 0.0214. The van der Waals surface area contributed by atoms with Crippen molar-refractivity contribution in [1.82, 2.24) is 0 Å². The average molecular weight is 214 g/mol. The van der Waals surface area contributed by atoms with Gasteiger partial charge in [-0.2, -0.15) is 0 Å². The number of benzene rings is 1. The molecule has 0 atom stereocenters. The van der Waals surface area contributed by atoms with E-state index in [2.05, 4.69) is 0 Å². The first-order valence-corrected chi connectivity index (χ1v) is 4.71. The van der Waals surface area contributed by atoms with E-state index in [1.54, 1.807) is 25.3 Å². The lowest BCUT2D eigenvalue weighted by Crippen LogP contribution is -2.05. The number of anilines is 1. The number of Topliss-reactive ketones (excluding diaryl/α,β-unsaturated/α-hetero) is 1. The molecular weight excluding hydrogens is 202 g/mol. The van der Waals surface area contributed by atoms with Crippen LogP contribution in [0.25, 0.3) is 0 Å². The first-order chi connectivity index (χ1) is 6.67. The lowest BCUT2D eigenvalue weighted by Gasteiger charge is -2.07. The van der Waals surface area contributed by atoms with Crippen LogP contribution in [0.1, 0.15) is 5.56 Å². The number of methoxy groups -OCH3 is 1. The molecule has 0 saturated heterocycles. The van der Waals surface area contributed by atoms with Crippen LogP contribution in [0.4, 0.5) is 5.69 Å². The predicted molar refractivity (Wildman–Crippen MR) is 56.8 cm³/mol. The van der Waals surface area contributed by atoms with E-state index in [1.807, 2.05) is 0 Å². The van der Waals surface area contributed by atoms with Gasteiger partial charge in [0, 0.05) is 23.7 Å². The highest BCUT2D eigenvalue weighted by Gasteiger charge is 2.07. The van der Waals surface area contributed by atoms with Gasteiger partial charge in [-0.25, -0.2) is 0 Å². The third-order valence-corrected chi connectivity index (χ3v) is 2.15. The van der Waals surface area contributed by atoms with Gasteiger partial charge in [-0.15, -0.1) is 11.6 Å². The minimum atomic E-state index is -0.0326. The summed E-state index contributed by atoms with van der Waals surface area (Å²) < 4.78 is 5.10. The molecule has 1 aromatic rings. The van der Waals surface area contributed by atoms with E-state index >= 15 is 0 Å². The summed E-state index contributed by atoms with van der Waals surface area (Å²) in [7, 11) is 1.55. The summed E-state index contributed by atoms with van der Waals surface area (Å²) in [4.78, 5) is 11.1. The maximum Gasteiger partial charge on any atom is 0.152 e. The molecule has 1 rings (SSSR count). The number of nitrogen functional groups attached to an aromatic ring is 1. The Kier molecular flexibility index (Phi) is 3.77. The summed E-state index contributed by atoms with van der Waals surface area (Å²) in [6.45, 7) is 0. The summed E-state index contributed by atoms with van der Waals surface area (Å²) in [6, 6.07) is 5.20. The van der Waals surface area contributed by atoms with Gasteiger partial charge in [0.25, 0.3) is 0 Å². The lowest BCUT2D eigenvalue weighted by molar-refractivity contribution is -0.116. The molecule has 1 aromatic carbocycles. The third kappa shape index (κ3) is 2.64. The molecule has 0 radical (unpaired) electrons. The second kappa shape index (κ2) is 4.86. The van der Waals surface area contributed by atoms with Gasteiger partial charge in [0.2, 0.25) is 0 Å². The van der Waals surface area contributed by atoms with Gasteiger partial charge in [-0.05, 0) is 6.07 Å². The number of nitrogens with two attached hydrogens (primary N) is 1. The largest absolute Gasteiger partial charge is 0.496 e. The second-order valence-electron chi connectivity index (χ2n) is 2.92. The molecule has 4 heteroatoms. The monoisotopic (exact) mass is 213 g/mol. The van der Waals surface area contributed by atoms with E-state index in [0.717, 1.165) is 5.56 Å². The van der Waals surface area contributed by atoms with Crippen molar-refractivity contribution in [1.29, 1.82) is 0 Å². The van der Waals surface area contributed by atoms with Crippen molar-refractivity contribution in [3.05, 3.63) is 23.8 Å². The van der Waals surface area contributed by atoms with E-state index in [-0.39, 0.29) is 18.1 Å². The Morgan fingerprint density at radius 2 is 2.29 bits per heavy atom. The Morgan fingerprint density at radius 1 is 1.57 bits per heavy atom. The SMILES string of the molecule is COc1cc(N)ccc1CC(=O)CCl. The van der Waals surface area contributed by atoms with Gasteiger partial charge in [-0.3, -0.25) is 4.79 Å². The molecule has 0 amide bonds. The molecule has 3 nitrogen and oxygen atoms in total. The van der Waals surface area contributed by atoms with Crippen molar-refractivity contribution in [2.24, 2.45) is 0 Å². The summed E-state index contributed by atoms with van der Waals surface area (Å²) >= 11 is 5.41. The van der Waals surface area contributed by atoms with Crippen LogP contribution >= 0.6 is 11.6 Å². The fourth-order valence-corrected chi connectivity index (χ4v) is 1.26. The molecule has 0 saturated carbocycles. The lowest BCUT2D eigenvalue weighted by atomic mass is 10.1. The van der Waals surface area contributed by atoms with Gasteiger partial charge in [0.05, 0.1) is 13.0 Å². The fourth-order valence-electron chi connectivity index (χ4n) is 1.17. The zero-order chi connectivity index (χ0) is 10.6. The van der Waals surface area contributed by atoms with Crippen LogP contribution in [-0.4, -0.2) is 18.8 Å². The number of rotatable bonds is 4. The van der Waals surface area contributed by atoms with Crippen LogP contribution in [0.3, 0.4) is 0 Å². The molecule has 0 aliphatic carbocycles. The highest BCUT2D eigenvalue weighted by molar-refractivity contribution is 6.27. The molecule has 0 aliphatic rings. The van der Waals surface area contributed by atoms with E-state index in [9.17, 15) is 4.79 Å². The first-order valence-electron chi connectivity index (χ1n) is 4.17. The molecule has 0 bridgehead atoms. The van der Waals surface area contributed by atoms with Crippen molar-refractivity contribution in [3.63, 3.8) is 0 Å². The normalized spacial score (nSPS) is 9.86. The molecule has 0 unspecified atom stereocenters. The second-order valence-corrected chi connectivity index (χ2v) is 3.19. The van der Waals surface area contributed by atoms with E-state index < -0.39 is 0 Å². The maximum absolute atomic E-state index is 11.1. The molecule has 0 spiro atoms. The minimum Gasteiger partial charge on any atom is -0.496 e. The Labute approximate surface area is 87.8 Å². The van der Waals surface area contributed by atoms with Crippen molar-refractivity contribution in [2.45, 2.75) is 6.42 Å². The van der Waals surface area contributed by atoms with Gasteiger partial charge < -0.3 is 10.5 Å². The number of hydrogen-bond acceptors (Lipinski definition) is 3. The van der Waals surface area contributed by atoms with Gasteiger partial charge >= 0.3 is 0 Å².